The van der Waals surface area contributed by atoms with E-state index in [0.717, 1.165) is 11.3 Å². The Balaban J connectivity index is 2.10. The van der Waals surface area contributed by atoms with Gasteiger partial charge in [0.1, 0.15) is 5.75 Å². The average molecular weight is 357 g/mol. The molecule has 0 bridgehead atoms. The minimum atomic E-state index is -0.464. The zero-order valence-corrected chi connectivity index (χ0v) is 14.7. The maximum atomic E-state index is 12.3. The smallest absolute Gasteiger partial charge is 0.359 e. The third-order valence-corrected chi connectivity index (χ3v) is 3.91. The molecule has 0 atom stereocenters. The van der Waals surface area contributed by atoms with Gasteiger partial charge in [0.25, 0.3) is 0 Å². The molecule has 128 valence electrons. The second kappa shape index (κ2) is 7.40. The minimum absolute atomic E-state index is 0.256. The molecule has 25 heavy (non-hydrogen) atoms. The lowest BCUT2D eigenvalue weighted by Gasteiger charge is -2.04. The number of ether oxygens (including phenoxy) is 2. The van der Waals surface area contributed by atoms with Gasteiger partial charge in [-0.2, -0.15) is 5.10 Å². The lowest BCUT2D eigenvalue weighted by molar-refractivity contribution is 0.0520. The van der Waals surface area contributed by atoms with Crippen molar-refractivity contribution in [3.8, 4) is 22.6 Å². The van der Waals surface area contributed by atoms with Crippen molar-refractivity contribution >= 4 is 17.6 Å². The maximum absolute atomic E-state index is 12.3. The molecule has 0 fully saturated rings. The van der Waals surface area contributed by atoms with Crippen LogP contribution in [0.15, 0.2) is 54.7 Å². The Kier molecular flexibility index (Phi) is 5.05. The van der Waals surface area contributed by atoms with E-state index >= 15 is 0 Å². The van der Waals surface area contributed by atoms with Gasteiger partial charge in [0.05, 0.1) is 19.4 Å². The Morgan fingerprint density at radius 3 is 2.64 bits per heavy atom. The first-order valence-corrected chi connectivity index (χ1v) is 8.17. The summed E-state index contributed by atoms with van der Waals surface area (Å²) in [5.41, 5.74) is 2.55. The second-order valence-electron chi connectivity index (χ2n) is 5.26. The van der Waals surface area contributed by atoms with Crippen LogP contribution < -0.4 is 4.74 Å². The highest BCUT2D eigenvalue weighted by molar-refractivity contribution is 6.30. The molecule has 0 unspecified atom stereocenters. The Bertz CT molecular complexity index is 888. The van der Waals surface area contributed by atoms with Gasteiger partial charge in [-0.1, -0.05) is 29.8 Å². The van der Waals surface area contributed by atoms with Gasteiger partial charge < -0.3 is 9.47 Å². The topological polar surface area (TPSA) is 53.3 Å². The lowest BCUT2D eigenvalue weighted by Crippen LogP contribution is -2.07. The molecule has 0 saturated heterocycles. The number of aromatic nitrogens is 2. The number of methoxy groups -OCH3 is 1. The first-order valence-electron chi connectivity index (χ1n) is 7.79. The standard InChI is InChI=1S/C19H17ClN2O3/c1-3-25-19(23)18-17(13-7-9-14(20)10-8-13)12-22(21-18)15-5-4-6-16(11-15)24-2/h4-12H,3H2,1-2H3. The summed E-state index contributed by atoms with van der Waals surface area (Å²) in [5.74, 6) is 0.243. The first-order chi connectivity index (χ1) is 12.1. The van der Waals surface area contributed by atoms with Crippen LogP contribution in [0.5, 0.6) is 5.75 Å². The molecule has 0 N–H and O–H groups in total. The molecule has 0 saturated carbocycles. The van der Waals surface area contributed by atoms with Gasteiger partial charge in [-0.3, -0.25) is 0 Å². The summed E-state index contributed by atoms with van der Waals surface area (Å²) in [6, 6.07) is 14.7. The number of hydrogen-bond donors (Lipinski definition) is 0. The number of esters is 1. The molecule has 6 heteroatoms. The Labute approximate surface area is 150 Å². The van der Waals surface area contributed by atoms with E-state index in [0.29, 0.717) is 16.3 Å². The molecule has 3 aromatic rings. The largest absolute Gasteiger partial charge is 0.497 e. The van der Waals surface area contributed by atoms with Crippen molar-refractivity contribution < 1.29 is 14.3 Å². The molecular formula is C19H17ClN2O3. The van der Waals surface area contributed by atoms with Crippen LogP contribution in [-0.2, 0) is 4.74 Å². The summed E-state index contributed by atoms with van der Waals surface area (Å²) >= 11 is 5.96. The third-order valence-electron chi connectivity index (χ3n) is 3.66. The molecule has 0 spiro atoms. The highest BCUT2D eigenvalue weighted by Gasteiger charge is 2.20. The van der Waals surface area contributed by atoms with Crippen LogP contribution in [0.4, 0.5) is 0 Å². The van der Waals surface area contributed by atoms with Crippen LogP contribution in [0.3, 0.4) is 0 Å². The Hall–Kier alpha value is -2.79. The van der Waals surface area contributed by atoms with Crippen molar-refractivity contribution in [3.05, 3.63) is 65.4 Å². The highest BCUT2D eigenvalue weighted by Crippen LogP contribution is 2.27. The van der Waals surface area contributed by atoms with Crippen molar-refractivity contribution in [2.45, 2.75) is 6.92 Å². The molecule has 5 nitrogen and oxygen atoms in total. The fourth-order valence-corrected chi connectivity index (χ4v) is 2.58. The Morgan fingerprint density at radius 1 is 1.20 bits per heavy atom. The molecule has 2 aromatic carbocycles. The van der Waals surface area contributed by atoms with Crippen LogP contribution in [0.2, 0.25) is 5.02 Å². The third kappa shape index (κ3) is 3.67. The van der Waals surface area contributed by atoms with Crippen molar-refractivity contribution in [1.29, 1.82) is 0 Å². The molecule has 1 aromatic heterocycles. The van der Waals surface area contributed by atoms with E-state index < -0.39 is 5.97 Å². The predicted molar refractivity (Wildman–Crippen MR) is 96.5 cm³/mol. The number of benzene rings is 2. The van der Waals surface area contributed by atoms with E-state index in [9.17, 15) is 4.79 Å². The van der Waals surface area contributed by atoms with E-state index in [2.05, 4.69) is 5.10 Å². The molecule has 0 amide bonds. The highest BCUT2D eigenvalue weighted by atomic mass is 35.5. The molecule has 0 aliphatic rings. The molecule has 1 heterocycles. The normalized spacial score (nSPS) is 10.5. The van der Waals surface area contributed by atoms with Gasteiger partial charge in [-0.15, -0.1) is 0 Å². The van der Waals surface area contributed by atoms with Crippen LogP contribution in [-0.4, -0.2) is 29.5 Å². The molecule has 0 aliphatic carbocycles. The number of halogens is 1. The SMILES string of the molecule is CCOC(=O)c1nn(-c2cccc(OC)c2)cc1-c1ccc(Cl)cc1. The van der Waals surface area contributed by atoms with Crippen LogP contribution in [0.25, 0.3) is 16.8 Å². The number of rotatable bonds is 5. The lowest BCUT2D eigenvalue weighted by atomic mass is 10.1. The fraction of sp³-hybridized carbons (Fsp3) is 0.158. The quantitative estimate of drug-likeness (QED) is 0.637. The molecular weight excluding hydrogens is 340 g/mol. The summed E-state index contributed by atoms with van der Waals surface area (Å²) in [7, 11) is 1.60. The zero-order valence-electron chi connectivity index (χ0n) is 13.9. The van der Waals surface area contributed by atoms with Crippen LogP contribution >= 0.6 is 11.6 Å². The van der Waals surface area contributed by atoms with E-state index in [1.807, 2.05) is 36.4 Å². The average Bonchev–Trinajstić information content (AvgIpc) is 3.08. The molecule has 0 aliphatic heterocycles. The van der Waals surface area contributed by atoms with Gasteiger partial charge in [-0.05, 0) is 36.8 Å². The monoisotopic (exact) mass is 356 g/mol. The van der Waals surface area contributed by atoms with Crippen molar-refractivity contribution in [2.24, 2.45) is 0 Å². The summed E-state index contributed by atoms with van der Waals surface area (Å²) in [4.78, 5) is 12.3. The van der Waals surface area contributed by atoms with E-state index in [1.165, 1.54) is 0 Å². The summed E-state index contributed by atoms with van der Waals surface area (Å²) in [6.45, 7) is 2.05. The van der Waals surface area contributed by atoms with E-state index in [-0.39, 0.29) is 12.3 Å². The fourth-order valence-electron chi connectivity index (χ4n) is 2.45. The number of carbonyl (C=O) groups is 1. The van der Waals surface area contributed by atoms with E-state index in [1.54, 1.807) is 37.0 Å². The van der Waals surface area contributed by atoms with Gasteiger partial charge in [0.15, 0.2) is 5.69 Å². The summed E-state index contributed by atoms with van der Waals surface area (Å²) < 4.78 is 12.0. The van der Waals surface area contributed by atoms with E-state index in [4.69, 9.17) is 21.1 Å². The van der Waals surface area contributed by atoms with Crippen molar-refractivity contribution in [1.82, 2.24) is 9.78 Å². The van der Waals surface area contributed by atoms with Gasteiger partial charge in [0.2, 0.25) is 0 Å². The number of carbonyl (C=O) groups excluding carboxylic acids is 1. The number of hydrogen-bond acceptors (Lipinski definition) is 4. The van der Waals surface area contributed by atoms with Crippen molar-refractivity contribution in [3.63, 3.8) is 0 Å². The number of nitrogens with zero attached hydrogens (tertiary/aromatic N) is 2. The summed E-state index contributed by atoms with van der Waals surface area (Å²) in [6.07, 6.45) is 1.80. The van der Waals surface area contributed by atoms with Crippen molar-refractivity contribution in [2.75, 3.05) is 13.7 Å². The minimum Gasteiger partial charge on any atom is -0.497 e. The van der Waals surface area contributed by atoms with Gasteiger partial charge in [-0.25, -0.2) is 9.48 Å². The zero-order chi connectivity index (χ0) is 17.8. The first kappa shape index (κ1) is 17.0. The van der Waals surface area contributed by atoms with Crippen LogP contribution in [0, 0.1) is 0 Å². The summed E-state index contributed by atoms with van der Waals surface area (Å²) in [5, 5.41) is 5.05. The van der Waals surface area contributed by atoms with Gasteiger partial charge in [0, 0.05) is 22.8 Å². The van der Waals surface area contributed by atoms with Crippen LogP contribution in [0.1, 0.15) is 17.4 Å². The maximum Gasteiger partial charge on any atom is 0.359 e. The predicted octanol–water partition coefficient (Wildman–Crippen LogP) is 4.38. The Morgan fingerprint density at radius 2 is 1.96 bits per heavy atom. The molecule has 3 rings (SSSR count). The van der Waals surface area contributed by atoms with Gasteiger partial charge >= 0.3 is 5.97 Å². The second-order valence-corrected chi connectivity index (χ2v) is 5.70. The molecule has 0 radical (unpaired) electrons.